The van der Waals surface area contributed by atoms with Gasteiger partial charge in [0.05, 0.1) is 3.81 Å². The summed E-state index contributed by atoms with van der Waals surface area (Å²) in [7, 11) is 0. The van der Waals surface area contributed by atoms with Gasteiger partial charge in [0.15, 0.2) is 0 Å². The molecule has 2 nitrogen and oxygen atoms in total. The van der Waals surface area contributed by atoms with Gasteiger partial charge in [-0.15, -0.1) is 11.8 Å². The molecule has 2 rings (SSSR count). The van der Waals surface area contributed by atoms with Gasteiger partial charge in [0.25, 0.3) is 5.91 Å². The number of para-hydroxylation sites is 1. The molecular formula is C20H30BrNOS. The summed E-state index contributed by atoms with van der Waals surface area (Å²) in [5.41, 5.74) is 3.05. The van der Waals surface area contributed by atoms with Crippen molar-refractivity contribution in [3.63, 3.8) is 0 Å². The predicted molar refractivity (Wildman–Crippen MR) is 112 cm³/mol. The van der Waals surface area contributed by atoms with Crippen molar-refractivity contribution in [3.05, 3.63) is 39.2 Å². The van der Waals surface area contributed by atoms with E-state index in [4.69, 9.17) is 0 Å². The van der Waals surface area contributed by atoms with Crippen LogP contribution in [0.1, 0.15) is 65.4 Å². The first-order chi connectivity index (χ1) is 11.5. The fraction of sp³-hybridized carbons (Fsp3) is 0.550. The molecule has 0 aromatic heterocycles. The minimum atomic E-state index is 0.0308. The van der Waals surface area contributed by atoms with Crippen molar-refractivity contribution >= 4 is 39.3 Å². The number of nitrogens with one attached hydrogen (secondary N) is 1. The van der Waals surface area contributed by atoms with Crippen LogP contribution in [-0.2, 0) is 4.79 Å². The molecule has 0 aliphatic carbocycles. The van der Waals surface area contributed by atoms with Crippen molar-refractivity contribution < 1.29 is 4.79 Å². The molecule has 1 amide bonds. The van der Waals surface area contributed by atoms with Crippen LogP contribution in [-0.4, -0.2) is 11.7 Å². The van der Waals surface area contributed by atoms with Gasteiger partial charge in [0, 0.05) is 11.3 Å². The average molecular weight is 412 g/mol. The summed E-state index contributed by atoms with van der Waals surface area (Å²) in [5, 5.41) is 3.12. The molecule has 1 unspecified atom stereocenters. The Balaban J connectivity index is 0.00000139. The summed E-state index contributed by atoms with van der Waals surface area (Å²) in [4.78, 5) is 12.6. The van der Waals surface area contributed by atoms with E-state index in [2.05, 4.69) is 48.1 Å². The van der Waals surface area contributed by atoms with E-state index in [1.54, 1.807) is 11.8 Å². The summed E-state index contributed by atoms with van der Waals surface area (Å²) in [5.74, 6) is 2.20. The molecule has 1 atom stereocenters. The second kappa shape index (κ2) is 11.0. The zero-order chi connectivity index (χ0) is 18.1. The maximum atomic E-state index is 12.6. The first kappa shape index (κ1) is 21.3. The first-order valence-electron chi connectivity index (χ1n) is 8.90. The largest absolute Gasteiger partial charge is 0.322 e. The van der Waals surface area contributed by atoms with Crippen LogP contribution in [0.25, 0.3) is 0 Å². The highest BCUT2D eigenvalue weighted by Crippen LogP contribution is 2.35. The highest BCUT2D eigenvalue weighted by molar-refractivity contribution is 9.14. The van der Waals surface area contributed by atoms with Crippen molar-refractivity contribution in [2.45, 2.75) is 59.8 Å². The zero-order valence-corrected chi connectivity index (χ0v) is 17.9. The fourth-order valence-electron chi connectivity index (χ4n) is 2.87. The number of benzene rings is 1. The van der Waals surface area contributed by atoms with Gasteiger partial charge in [-0.2, -0.15) is 0 Å². The number of carbonyl (C=O) groups excluding carboxylic acids is 1. The maximum absolute atomic E-state index is 12.6. The lowest BCUT2D eigenvalue weighted by molar-refractivity contribution is -0.113. The van der Waals surface area contributed by atoms with Crippen molar-refractivity contribution in [3.8, 4) is 0 Å². The zero-order valence-electron chi connectivity index (χ0n) is 15.5. The van der Waals surface area contributed by atoms with Gasteiger partial charge in [0.2, 0.25) is 0 Å². The highest BCUT2D eigenvalue weighted by atomic mass is 79.9. The molecule has 1 N–H and O–H groups in total. The third-order valence-corrected chi connectivity index (χ3v) is 6.03. The molecule has 1 aliphatic heterocycles. The Morgan fingerprint density at radius 2 is 1.92 bits per heavy atom. The number of halogens is 1. The van der Waals surface area contributed by atoms with E-state index in [1.807, 2.05) is 32.0 Å². The molecule has 0 saturated carbocycles. The Hall–Kier alpha value is -0.740. The Morgan fingerprint density at radius 3 is 2.54 bits per heavy atom. The number of thioether (sulfide) groups is 1. The van der Waals surface area contributed by atoms with Gasteiger partial charge < -0.3 is 5.32 Å². The third kappa shape index (κ3) is 6.29. The Bertz CT molecular complexity index is 569. The lowest BCUT2D eigenvalue weighted by atomic mass is 9.91. The molecule has 1 heterocycles. The summed E-state index contributed by atoms with van der Waals surface area (Å²) in [6, 6.07) is 8.17. The molecule has 24 heavy (non-hydrogen) atoms. The van der Waals surface area contributed by atoms with Crippen LogP contribution in [0.2, 0.25) is 0 Å². The number of amides is 1. The topological polar surface area (TPSA) is 29.1 Å². The molecular weight excluding hydrogens is 382 g/mol. The highest BCUT2D eigenvalue weighted by Gasteiger charge is 2.20. The first-order valence-corrected chi connectivity index (χ1v) is 10.7. The SMILES string of the molecule is CC.CC(C)CC(C)c1ccccc1NC(=O)C1=C(Br)SCCC1. The monoisotopic (exact) mass is 411 g/mol. The lowest BCUT2D eigenvalue weighted by Crippen LogP contribution is -2.18. The molecule has 1 aromatic carbocycles. The van der Waals surface area contributed by atoms with Crippen molar-refractivity contribution in [1.82, 2.24) is 0 Å². The van der Waals surface area contributed by atoms with Crippen molar-refractivity contribution in [2.75, 3.05) is 11.1 Å². The molecule has 1 aliphatic rings. The van der Waals surface area contributed by atoms with Gasteiger partial charge in [-0.25, -0.2) is 0 Å². The Morgan fingerprint density at radius 1 is 1.25 bits per heavy atom. The third-order valence-electron chi connectivity index (χ3n) is 3.88. The molecule has 0 fully saturated rings. The minimum absolute atomic E-state index is 0.0308. The number of hydrogen-bond acceptors (Lipinski definition) is 2. The number of anilines is 1. The Kier molecular flexibility index (Phi) is 9.75. The predicted octanol–water partition coefficient (Wildman–Crippen LogP) is 6.93. The number of hydrogen-bond donors (Lipinski definition) is 1. The summed E-state index contributed by atoms with van der Waals surface area (Å²) in [6.07, 6.45) is 3.03. The van der Waals surface area contributed by atoms with Crippen LogP contribution >= 0.6 is 27.7 Å². The van der Waals surface area contributed by atoms with Gasteiger partial charge in [-0.05, 0) is 64.4 Å². The van der Waals surface area contributed by atoms with Crippen LogP contribution in [0.5, 0.6) is 0 Å². The second-order valence-electron chi connectivity index (χ2n) is 6.28. The summed E-state index contributed by atoms with van der Waals surface area (Å²) in [6.45, 7) is 10.7. The van der Waals surface area contributed by atoms with Crippen LogP contribution in [0.3, 0.4) is 0 Å². The van der Waals surface area contributed by atoms with E-state index in [0.29, 0.717) is 11.8 Å². The van der Waals surface area contributed by atoms with E-state index in [1.165, 1.54) is 5.56 Å². The molecule has 0 saturated heterocycles. The van der Waals surface area contributed by atoms with Crippen LogP contribution < -0.4 is 5.32 Å². The molecule has 0 bridgehead atoms. The maximum Gasteiger partial charge on any atom is 0.253 e. The smallest absolute Gasteiger partial charge is 0.253 e. The van der Waals surface area contributed by atoms with Gasteiger partial charge >= 0.3 is 0 Å². The standard InChI is InChI=1S/C18H24BrNOS.C2H6/c1-12(2)11-13(3)14-7-4-5-9-16(14)20-18(21)15-8-6-10-22-17(15)19;1-2/h4-5,7,9,12-13H,6,8,10-11H2,1-3H3,(H,20,21);1-2H3. The fourth-order valence-corrected chi connectivity index (χ4v) is 4.57. The lowest BCUT2D eigenvalue weighted by Gasteiger charge is -2.20. The molecule has 0 radical (unpaired) electrons. The van der Waals surface area contributed by atoms with Crippen molar-refractivity contribution in [2.24, 2.45) is 5.92 Å². The van der Waals surface area contributed by atoms with Gasteiger partial charge in [-0.3, -0.25) is 4.79 Å². The summed E-state index contributed by atoms with van der Waals surface area (Å²) < 4.78 is 0.990. The van der Waals surface area contributed by atoms with Crippen molar-refractivity contribution in [1.29, 1.82) is 0 Å². The van der Waals surface area contributed by atoms with E-state index >= 15 is 0 Å². The number of rotatable bonds is 5. The van der Waals surface area contributed by atoms with Crippen LogP contribution in [0.15, 0.2) is 33.7 Å². The normalized spacial score (nSPS) is 15.6. The van der Waals surface area contributed by atoms with E-state index < -0.39 is 0 Å². The van der Waals surface area contributed by atoms with Crippen LogP contribution in [0, 0.1) is 5.92 Å². The summed E-state index contributed by atoms with van der Waals surface area (Å²) >= 11 is 5.25. The van der Waals surface area contributed by atoms with Crippen LogP contribution in [0.4, 0.5) is 5.69 Å². The van der Waals surface area contributed by atoms with E-state index in [9.17, 15) is 4.79 Å². The van der Waals surface area contributed by atoms with Gasteiger partial charge in [-0.1, -0.05) is 52.8 Å². The molecule has 4 heteroatoms. The van der Waals surface area contributed by atoms with Gasteiger partial charge in [0.1, 0.15) is 0 Å². The van der Waals surface area contributed by atoms with E-state index in [-0.39, 0.29) is 5.91 Å². The minimum Gasteiger partial charge on any atom is -0.322 e. The second-order valence-corrected chi connectivity index (χ2v) is 8.70. The Labute approximate surface area is 160 Å². The van der Waals surface area contributed by atoms with E-state index in [0.717, 1.165) is 40.1 Å². The molecule has 1 aromatic rings. The quantitative estimate of drug-likeness (QED) is 0.568. The number of carbonyl (C=O) groups is 1. The molecule has 0 spiro atoms. The average Bonchev–Trinajstić information content (AvgIpc) is 2.57. The molecule has 134 valence electrons.